The van der Waals surface area contributed by atoms with Crippen molar-refractivity contribution in [3.8, 4) is 44.3 Å². The predicted octanol–water partition coefficient (Wildman–Crippen LogP) is 16.8. The Bertz CT molecular complexity index is 4170. The van der Waals surface area contributed by atoms with Crippen molar-refractivity contribution < 1.29 is 0 Å². The third-order valence-corrected chi connectivity index (χ3v) is 15.1. The van der Waals surface area contributed by atoms with E-state index in [0.29, 0.717) is 5.95 Å². The van der Waals surface area contributed by atoms with E-state index in [2.05, 4.69) is 234 Å². The number of para-hydroxylation sites is 2. The van der Waals surface area contributed by atoms with Crippen LogP contribution >= 0.6 is 11.3 Å². The Hall–Kier alpha value is -8.38. The second-order valence-electron chi connectivity index (χ2n) is 17.6. The van der Waals surface area contributed by atoms with Crippen LogP contribution in [0.3, 0.4) is 0 Å². The molecule has 314 valence electrons. The zero-order chi connectivity index (χ0) is 44.0. The van der Waals surface area contributed by atoms with E-state index in [1.165, 1.54) is 70.1 Å². The second kappa shape index (κ2) is 15.1. The first-order valence-corrected chi connectivity index (χ1v) is 23.8. The molecule has 1 atom stereocenters. The van der Waals surface area contributed by atoms with Gasteiger partial charge in [-0.25, -0.2) is 9.97 Å². The molecule has 0 N–H and O–H groups in total. The first-order valence-electron chi connectivity index (χ1n) is 23.0. The highest BCUT2D eigenvalue weighted by Gasteiger charge is 2.27. The number of benzene rings is 9. The molecule has 0 saturated carbocycles. The topological polar surface area (TPSA) is 35.6 Å². The van der Waals surface area contributed by atoms with Crippen molar-refractivity contribution in [2.24, 2.45) is 0 Å². The first kappa shape index (κ1) is 37.9. The van der Waals surface area contributed by atoms with Gasteiger partial charge in [-0.05, 0) is 81.1 Å². The Balaban J connectivity index is 1.08. The normalized spacial score (nSPS) is 13.9. The number of aromatic nitrogens is 4. The van der Waals surface area contributed by atoms with Crippen LogP contribution in [0, 0.1) is 0 Å². The predicted molar refractivity (Wildman–Crippen MR) is 283 cm³/mol. The second-order valence-corrected chi connectivity index (χ2v) is 18.6. The molecule has 0 saturated heterocycles. The van der Waals surface area contributed by atoms with Crippen molar-refractivity contribution in [2.75, 3.05) is 0 Å². The Kier molecular flexibility index (Phi) is 8.55. The summed E-state index contributed by atoms with van der Waals surface area (Å²) in [6.45, 7) is 0. The van der Waals surface area contributed by atoms with Crippen LogP contribution < -0.4 is 0 Å². The lowest BCUT2D eigenvalue weighted by Crippen LogP contribution is -2.07. The molecular weight excluding hydrogens is 833 g/mol. The summed E-state index contributed by atoms with van der Waals surface area (Å²) in [5.74, 6) is 0.788. The van der Waals surface area contributed by atoms with E-state index in [9.17, 15) is 0 Å². The average Bonchev–Trinajstić information content (AvgIpc) is 4.08. The average molecular weight is 873 g/mol. The van der Waals surface area contributed by atoms with E-state index in [0.717, 1.165) is 55.7 Å². The van der Waals surface area contributed by atoms with E-state index in [-0.39, 0.29) is 5.92 Å². The minimum atomic E-state index is 0.106. The maximum atomic E-state index is 5.71. The van der Waals surface area contributed by atoms with Gasteiger partial charge in [0, 0.05) is 49.2 Å². The molecule has 0 aliphatic heterocycles. The highest BCUT2D eigenvalue weighted by Crippen LogP contribution is 2.48. The monoisotopic (exact) mass is 872 g/mol. The Morgan fingerprint density at radius 1 is 0.478 bits per heavy atom. The van der Waals surface area contributed by atoms with Crippen LogP contribution in [-0.4, -0.2) is 19.1 Å². The molecular formula is C62H40N4S. The number of allylic oxidation sites excluding steroid dienone is 4. The summed E-state index contributed by atoms with van der Waals surface area (Å²) in [4.78, 5) is 12.6. The van der Waals surface area contributed by atoms with Gasteiger partial charge in [0.1, 0.15) is 0 Å². The quantitative estimate of drug-likeness (QED) is 0.167. The Morgan fingerprint density at radius 3 is 1.82 bits per heavy atom. The van der Waals surface area contributed by atoms with Gasteiger partial charge in [0.2, 0.25) is 5.95 Å². The lowest BCUT2D eigenvalue weighted by Gasteiger charge is -2.16. The van der Waals surface area contributed by atoms with Crippen LogP contribution in [0.25, 0.3) is 120 Å². The van der Waals surface area contributed by atoms with Gasteiger partial charge in [-0.2, -0.15) is 0 Å². The van der Waals surface area contributed by atoms with Crippen LogP contribution in [-0.2, 0) is 0 Å². The van der Waals surface area contributed by atoms with Crippen LogP contribution in [0.5, 0.6) is 0 Å². The number of nitrogens with zero attached hydrogens (tertiary/aromatic N) is 4. The molecule has 1 aliphatic rings. The molecule has 4 nitrogen and oxygen atoms in total. The summed E-state index contributed by atoms with van der Waals surface area (Å²) in [7, 11) is 0. The fourth-order valence-corrected chi connectivity index (χ4v) is 12.2. The fourth-order valence-electron chi connectivity index (χ4n) is 10.9. The van der Waals surface area contributed by atoms with E-state index in [1.807, 2.05) is 11.3 Å². The lowest BCUT2D eigenvalue weighted by atomic mass is 9.95. The molecule has 14 rings (SSSR count). The van der Waals surface area contributed by atoms with Crippen LogP contribution in [0.15, 0.2) is 224 Å². The molecule has 1 aliphatic carbocycles. The fraction of sp³-hybridized carbons (Fsp3) is 0.0323. The Labute approximate surface area is 390 Å². The largest absolute Gasteiger partial charge is 0.309 e. The SMILES string of the molecule is C1=CCC(c2nc(-n3c4ccc(-c5cccc6c7c8ccccc8ccc7n(-c7ccccc7)c56)cc4c4c5ccccc5ccc43)nc3c(-c4ccccc4)c(-c4ccccc4)sc23)C=C1. The zero-order valence-corrected chi connectivity index (χ0v) is 37.2. The van der Waals surface area contributed by atoms with E-state index in [4.69, 9.17) is 9.97 Å². The number of hydrogen-bond donors (Lipinski definition) is 0. The van der Waals surface area contributed by atoms with Gasteiger partial charge in [-0.15, -0.1) is 11.3 Å². The number of thiophene rings is 1. The molecule has 0 bridgehead atoms. The number of hydrogen-bond acceptors (Lipinski definition) is 3. The van der Waals surface area contributed by atoms with E-state index >= 15 is 0 Å². The van der Waals surface area contributed by atoms with Gasteiger partial charge in [0.25, 0.3) is 0 Å². The molecule has 9 aromatic carbocycles. The first-order chi connectivity index (χ1) is 33.3. The third-order valence-electron chi connectivity index (χ3n) is 13.8. The Morgan fingerprint density at radius 2 is 1.10 bits per heavy atom. The van der Waals surface area contributed by atoms with Gasteiger partial charge in [-0.1, -0.05) is 188 Å². The maximum absolute atomic E-state index is 5.71. The molecule has 0 radical (unpaired) electrons. The van der Waals surface area contributed by atoms with Crippen molar-refractivity contribution in [2.45, 2.75) is 12.3 Å². The minimum Gasteiger partial charge on any atom is -0.309 e. The molecule has 0 fully saturated rings. The van der Waals surface area contributed by atoms with E-state index in [1.54, 1.807) is 0 Å². The van der Waals surface area contributed by atoms with Gasteiger partial charge >= 0.3 is 0 Å². The van der Waals surface area contributed by atoms with Crippen LogP contribution in [0.1, 0.15) is 18.0 Å². The molecule has 13 aromatic rings. The smallest absolute Gasteiger partial charge is 0.235 e. The zero-order valence-electron chi connectivity index (χ0n) is 36.3. The molecule has 0 amide bonds. The van der Waals surface area contributed by atoms with Crippen LogP contribution in [0.2, 0.25) is 0 Å². The minimum absolute atomic E-state index is 0.106. The van der Waals surface area contributed by atoms with Crippen molar-refractivity contribution in [1.29, 1.82) is 0 Å². The molecule has 0 spiro atoms. The summed E-state index contributed by atoms with van der Waals surface area (Å²) in [5, 5.41) is 9.77. The van der Waals surface area contributed by atoms with Crippen molar-refractivity contribution in [3.05, 3.63) is 230 Å². The standard InChI is InChI=1S/C62H40N4S/c1-5-20-41(21-6-1)54-58-61(67-60(54)43-24-9-3-10-25-43)57(42-22-7-2-8-23-42)63-62(64-58)66-51-35-34-44(38-50(51)56-47-29-16-14-19-40(47)33-37-53(56)66)48-30-17-31-49-55-46-28-15-13-18-39(46)32-36-52(55)65(59(48)49)45-26-11-4-12-27-45/h1-22,24-38,42H,23H2. The molecule has 1 unspecified atom stereocenters. The van der Waals surface area contributed by atoms with Gasteiger partial charge < -0.3 is 4.57 Å². The summed E-state index contributed by atoms with van der Waals surface area (Å²) in [6.07, 6.45) is 9.76. The van der Waals surface area contributed by atoms with Crippen molar-refractivity contribution >= 4 is 86.7 Å². The van der Waals surface area contributed by atoms with Crippen molar-refractivity contribution in [3.63, 3.8) is 0 Å². The highest BCUT2D eigenvalue weighted by atomic mass is 32.1. The molecule has 5 heteroatoms. The number of rotatable bonds is 6. The van der Waals surface area contributed by atoms with Gasteiger partial charge in [0.05, 0.1) is 38.0 Å². The summed E-state index contributed by atoms with van der Waals surface area (Å²) < 4.78 is 5.92. The maximum Gasteiger partial charge on any atom is 0.235 e. The summed E-state index contributed by atoms with van der Waals surface area (Å²) >= 11 is 1.81. The summed E-state index contributed by atoms with van der Waals surface area (Å²) in [6, 6.07) is 72.8. The third kappa shape index (κ3) is 5.85. The highest BCUT2D eigenvalue weighted by molar-refractivity contribution is 7.23. The van der Waals surface area contributed by atoms with Gasteiger partial charge in [0.15, 0.2) is 0 Å². The molecule has 4 heterocycles. The van der Waals surface area contributed by atoms with Crippen molar-refractivity contribution in [1.82, 2.24) is 19.1 Å². The molecule has 4 aromatic heterocycles. The van der Waals surface area contributed by atoms with Crippen LogP contribution in [0.4, 0.5) is 0 Å². The van der Waals surface area contributed by atoms with Gasteiger partial charge in [-0.3, -0.25) is 4.57 Å². The van der Waals surface area contributed by atoms with E-state index < -0.39 is 0 Å². The lowest BCUT2D eigenvalue weighted by molar-refractivity contribution is 0.812. The summed E-state index contributed by atoms with van der Waals surface area (Å²) in [5.41, 5.74) is 13.5. The molecule has 67 heavy (non-hydrogen) atoms. The number of fused-ring (bicyclic) bond motifs is 11.